The number of methoxy groups -OCH3 is 1. The summed E-state index contributed by atoms with van der Waals surface area (Å²) in [6.07, 6.45) is 5.52. The molecule has 0 aliphatic carbocycles. The number of aryl methyl sites for hydroxylation is 2. The summed E-state index contributed by atoms with van der Waals surface area (Å²) >= 11 is 0. The Morgan fingerprint density at radius 3 is 2.31 bits per heavy atom. The Hall–Kier alpha value is -2.75. The van der Waals surface area contributed by atoms with Crippen molar-refractivity contribution in [1.29, 1.82) is 0 Å². The molecule has 0 aromatic heterocycles. The lowest BCUT2D eigenvalue weighted by Crippen LogP contribution is -2.07. The molecule has 138 valence electrons. The van der Waals surface area contributed by atoms with E-state index in [1.165, 1.54) is 0 Å². The minimum absolute atomic E-state index is 0.167. The van der Waals surface area contributed by atoms with Crippen molar-refractivity contribution in [2.24, 2.45) is 0 Å². The normalized spacial score (nSPS) is 10.8. The van der Waals surface area contributed by atoms with Gasteiger partial charge in [0.1, 0.15) is 11.5 Å². The molecule has 26 heavy (non-hydrogen) atoms. The van der Waals surface area contributed by atoms with E-state index >= 15 is 0 Å². The molecule has 0 fully saturated rings. The molecule has 0 saturated heterocycles. The lowest BCUT2D eigenvalue weighted by molar-refractivity contribution is -0.111. The standard InChI is InChI=1S/C22H27NO3/c1-5-6-13-26-19-9-7-18(8-10-19)23-22(24)12-11-21-16(2)14-20(25-4)15-17(21)3/h7-12,14-15H,5-6,13H2,1-4H3,(H,23,24)/b12-11+. The number of unbranched alkanes of at least 4 members (excludes halogenated alkanes) is 1. The smallest absolute Gasteiger partial charge is 0.248 e. The first-order valence-electron chi connectivity index (χ1n) is 8.90. The van der Waals surface area contributed by atoms with E-state index in [-0.39, 0.29) is 5.91 Å². The van der Waals surface area contributed by atoms with Crippen molar-refractivity contribution in [3.8, 4) is 11.5 Å². The van der Waals surface area contributed by atoms with Crippen molar-refractivity contribution in [3.63, 3.8) is 0 Å². The van der Waals surface area contributed by atoms with Crippen molar-refractivity contribution >= 4 is 17.7 Å². The van der Waals surface area contributed by atoms with Gasteiger partial charge >= 0.3 is 0 Å². The molecule has 0 unspecified atom stereocenters. The number of hydrogen-bond acceptors (Lipinski definition) is 3. The zero-order valence-corrected chi connectivity index (χ0v) is 16.0. The van der Waals surface area contributed by atoms with Gasteiger partial charge in [-0.25, -0.2) is 0 Å². The Bertz CT molecular complexity index is 740. The fraction of sp³-hybridized carbons (Fsp3) is 0.318. The molecular formula is C22H27NO3. The quantitative estimate of drug-likeness (QED) is 0.528. The van der Waals surface area contributed by atoms with Crippen LogP contribution in [0.2, 0.25) is 0 Å². The molecule has 4 heteroatoms. The largest absolute Gasteiger partial charge is 0.497 e. The summed E-state index contributed by atoms with van der Waals surface area (Å²) < 4.78 is 10.9. The van der Waals surface area contributed by atoms with Crippen LogP contribution in [0.25, 0.3) is 6.08 Å². The zero-order chi connectivity index (χ0) is 18.9. The lowest BCUT2D eigenvalue weighted by Gasteiger charge is -2.09. The maximum Gasteiger partial charge on any atom is 0.248 e. The Labute approximate surface area is 155 Å². The van der Waals surface area contributed by atoms with Gasteiger partial charge in [-0.1, -0.05) is 13.3 Å². The van der Waals surface area contributed by atoms with E-state index < -0.39 is 0 Å². The highest BCUT2D eigenvalue weighted by molar-refractivity contribution is 6.02. The highest BCUT2D eigenvalue weighted by Crippen LogP contribution is 2.23. The number of nitrogens with one attached hydrogen (secondary N) is 1. The van der Waals surface area contributed by atoms with Crippen LogP contribution in [0.1, 0.15) is 36.5 Å². The summed E-state index contributed by atoms with van der Waals surface area (Å²) in [5.41, 5.74) is 3.91. The Morgan fingerprint density at radius 2 is 1.73 bits per heavy atom. The minimum Gasteiger partial charge on any atom is -0.497 e. The molecule has 0 bridgehead atoms. The number of carbonyl (C=O) groups excluding carboxylic acids is 1. The Morgan fingerprint density at radius 1 is 1.08 bits per heavy atom. The molecule has 4 nitrogen and oxygen atoms in total. The van der Waals surface area contributed by atoms with Crippen LogP contribution < -0.4 is 14.8 Å². The molecule has 2 aromatic carbocycles. The van der Waals surface area contributed by atoms with Gasteiger partial charge < -0.3 is 14.8 Å². The molecule has 0 atom stereocenters. The van der Waals surface area contributed by atoms with Gasteiger partial charge in [0, 0.05) is 11.8 Å². The molecule has 0 saturated carbocycles. The third-order valence-electron chi connectivity index (χ3n) is 4.09. The second-order valence-electron chi connectivity index (χ2n) is 6.22. The Kier molecular flexibility index (Phi) is 7.27. The molecule has 1 N–H and O–H groups in total. The van der Waals surface area contributed by atoms with E-state index in [0.29, 0.717) is 6.61 Å². The fourth-order valence-electron chi connectivity index (χ4n) is 2.63. The number of anilines is 1. The van der Waals surface area contributed by atoms with Crippen LogP contribution in [0.4, 0.5) is 5.69 Å². The average molecular weight is 353 g/mol. The zero-order valence-electron chi connectivity index (χ0n) is 16.0. The molecule has 1 amide bonds. The van der Waals surface area contributed by atoms with Gasteiger partial charge in [0.2, 0.25) is 5.91 Å². The van der Waals surface area contributed by atoms with Crippen molar-refractivity contribution in [3.05, 3.63) is 59.2 Å². The monoisotopic (exact) mass is 353 g/mol. The molecule has 0 radical (unpaired) electrons. The number of hydrogen-bond donors (Lipinski definition) is 1. The number of benzene rings is 2. The van der Waals surface area contributed by atoms with E-state index in [0.717, 1.165) is 46.7 Å². The third-order valence-corrected chi connectivity index (χ3v) is 4.09. The predicted molar refractivity (Wildman–Crippen MR) is 107 cm³/mol. The SMILES string of the molecule is CCCCOc1ccc(NC(=O)/C=C/c2c(C)cc(OC)cc2C)cc1. The first-order chi connectivity index (χ1) is 12.5. The molecule has 0 aliphatic heterocycles. The van der Waals surface area contributed by atoms with Crippen LogP contribution in [-0.2, 0) is 4.79 Å². The molecule has 2 rings (SSSR count). The molecule has 2 aromatic rings. The van der Waals surface area contributed by atoms with Crippen LogP contribution in [0, 0.1) is 13.8 Å². The van der Waals surface area contributed by atoms with E-state index in [4.69, 9.17) is 9.47 Å². The van der Waals surface area contributed by atoms with Gasteiger partial charge in [-0.3, -0.25) is 4.79 Å². The number of ether oxygens (including phenoxy) is 2. The van der Waals surface area contributed by atoms with Crippen LogP contribution in [0.5, 0.6) is 11.5 Å². The van der Waals surface area contributed by atoms with Gasteiger partial charge in [0.25, 0.3) is 0 Å². The van der Waals surface area contributed by atoms with Gasteiger partial charge in [-0.2, -0.15) is 0 Å². The van der Waals surface area contributed by atoms with Crippen LogP contribution in [0.15, 0.2) is 42.5 Å². The summed E-state index contributed by atoms with van der Waals surface area (Å²) in [4.78, 5) is 12.2. The molecule has 0 spiro atoms. The van der Waals surface area contributed by atoms with Crippen LogP contribution in [-0.4, -0.2) is 19.6 Å². The fourth-order valence-corrected chi connectivity index (χ4v) is 2.63. The molecule has 0 heterocycles. The second-order valence-corrected chi connectivity index (χ2v) is 6.22. The second kappa shape index (κ2) is 9.66. The summed E-state index contributed by atoms with van der Waals surface area (Å²) in [7, 11) is 1.65. The summed E-state index contributed by atoms with van der Waals surface area (Å²) in [6.45, 7) is 6.85. The van der Waals surface area contributed by atoms with E-state index in [2.05, 4.69) is 12.2 Å². The van der Waals surface area contributed by atoms with Gasteiger partial charge in [0.15, 0.2) is 0 Å². The Balaban J connectivity index is 1.97. The van der Waals surface area contributed by atoms with Gasteiger partial charge in [-0.15, -0.1) is 0 Å². The lowest BCUT2D eigenvalue weighted by atomic mass is 10.0. The molecule has 0 aliphatic rings. The summed E-state index contributed by atoms with van der Waals surface area (Å²) in [6, 6.07) is 11.3. The maximum atomic E-state index is 12.2. The highest BCUT2D eigenvalue weighted by atomic mass is 16.5. The van der Waals surface area contributed by atoms with Crippen LogP contribution in [0.3, 0.4) is 0 Å². The minimum atomic E-state index is -0.167. The molecular weight excluding hydrogens is 326 g/mol. The van der Waals surface area contributed by atoms with Crippen LogP contribution >= 0.6 is 0 Å². The van der Waals surface area contributed by atoms with Crippen molar-refractivity contribution in [2.75, 3.05) is 19.0 Å². The number of amides is 1. The van der Waals surface area contributed by atoms with E-state index in [1.54, 1.807) is 13.2 Å². The van der Waals surface area contributed by atoms with Crippen molar-refractivity contribution in [1.82, 2.24) is 0 Å². The first kappa shape index (κ1) is 19.6. The number of rotatable bonds is 8. The van der Waals surface area contributed by atoms with Gasteiger partial charge in [0.05, 0.1) is 13.7 Å². The maximum absolute atomic E-state index is 12.2. The van der Waals surface area contributed by atoms with Crippen molar-refractivity contribution in [2.45, 2.75) is 33.6 Å². The summed E-state index contributed by atoms with van der Waals surface area (Å²) in [5.74, 6) is 1.47. The summed E-state index contributed by atoms with van der Waals surface area (Å²) in [5, 5.41) is 2.86. The average Bonchev–Trinajstić information content (AvgIpc) is 2.62. The predicted octanol–water partition coefficient (Wildman–Crippen LogP) is 5.14. The number of carbonyl (C=O) groups is 1. The van der Waals surface area contributed by atoms with Crippen molar-refractivity contribution < 1.29 is 14.3 Å². The highest BCUT2D eigenvalue weighted by Gasteiger charge is 2.04. The van der Waals surface area contributed by atoms with E-state index in [9.17, 15) is 4.79 Å². The third kappa shape index (κ3) is 5.66. The van der Waals surface area contributed by atoms with Gasteiger partial charge in [-0.05, 0) is 79.4 Å². The first-order valence-corrected chi connectivity index (χ1v) is 8.90. The topological polar surface area (TPSA) is 47.6 Å². The van der Waals surface area contributed by atoms with E-state index in [1.807, 2.05) is 56.3 Å².